The molecular weight excluding hydrogens is 484 g/mol. The topological polar surface area (TPSA) is 60.8 Å². The van der Waals surface area contributed by atoms with E-state index in [2.05, 4.69) is 22.8 Å². The zero-order valence-electron chi connectivity index (χ0n) is 20.6. The molecule has 1 aromatic heterocycles. The van der Waals surface area contributed by atoms with Crippen molar-refractivity contribution < 1.29 is 19.1 Å². The zero-order valence-corrected chi connectivity index (χ0v) is 21.4. The molecule has 1 fully saturated rings. The molecule has 1 saturated heterocycles. The Morgan fingerprint density at radius 2 is 1.59 bits per heavy atom. The second-order valence-corrected chi connectivity index (χ2v) is 9.73. The molecule has 0 atom stereocenters. The predicted molar refractivity (Wildman–Crippen MR) is 148 cm³/mol. The molecule has 0 unspecified atom stereocenters. The van der Waals surface area contributed by atoms with Gasteiger partial charge in [0.2, 0.25) is 0 Å². The molecule has 1 aliphatic rings. The van der Waals surface area contributed by atoms with Gasteiger partial charge in [0, 0.05) is 29.2 Å². The van der Waals surface area contributed by atoms with Crippen LogP contribution in [0.25, 0.3) is 17.0 Å². The molecule has 5 rings (SSSR count). The van der Waals surface area contributed by atoms with Crippen LogP contribution in [-0.4, -0.2) is 40.9 Å². The van der Waals surface area contributed by atoms with Gasteiger partial charge in [-0.3, -0.25) is 14.5 Å². The van der Waals surface area contributed by atoms with Gasteiger partial charge in [-0.1, -0.05) is 48.5 Å². The maximum absolute atomic E-state index is 13.1. The van der Waals surface area contributed by atoms with E-state index in [1.165, 1.54) is 10.5 Å². The Hall–Kier alpha value is -3.97. The van der Waals surface area contributed by atoms with Crippen molar-refractivity contribution in [2.75, 3.05) is 20.3 Å². The molecular formula is C30H28N2O4S. The number of thioether (sulfide) groups is 1. The van der Waals surface area contributed by atoms with Gasteiger partial charge in [0.05, 0.1) is 18.6 Å². The highest BCUT2D eigenvalue weighted by Crippen LogP contribution is 2.34. The minimum atomic E-state index is -0.220. The molecule has 0 aliphatic carbocycles. The molecule has 188 valence electrons. The zero-order chi connectivity index (χ0) is 25.6. The third-order valence-electron chi connectivity index (χ3n) is 6.33. The Morgan fingerprint density at radius 3 is 2.38 bits per heavy atom. The van der Waals surface area contributed by atoms with E-state index in [0.717, 1.165) is 52.6 Å². The molecule has 7 heteroatoms. The highest BCUT2D eigenvalue weighted by Gasteiger charge is 2.34. The summed E-state index contributed by atoms with van der Waals surface area (Å²) in [5.74, 6) is 1.34. The molecule has 3 aromatic carbocycles. The number of carbonyl (C=O) groups is 2. The van der Waals surface area contributed by atoms with Crippen LogP contribution in [-0.2, 0) is 17.8 Å². The van der Waals surface area contributed by atoms with E-state index in [9.17, 15) is 9.59 Å². The molecule has 1 aliphatic heterocycles. The van der Waals surface area contributed by atoms with Crippen molar-refractivity contribution >= 4 is 39.9 Å². The Morgan fingerprint density at radius 1 is 0.865 bits per heavy atom. The van der Waals surface area contributed by atoms with Crippen LogP contribution in [0.5, 0.6) is 11.5 Å². The van der Waals surface area contributed by atoms with Gasteiger partial charge in [0.1, 0.15) is 18.1 Å². The average molecular weight is 513 g/mol. The summed E-state index contributed by atoms with van der Waals surface area (Å²) in [7, 11) is 1.64. The number of ether oxygens (including phenoxy) is 2. The number of fused-ring (bicyclic) bond motifs is 1. The van der Waals surface area contributed by atoms with Gasteiger partial charge in [-0.2, -0.15) is 0 Å². The lowest BCUT2D eigenvalue weighted by molar-refractivity contribution is -0.122. The molecule has 0 N–H and O–H groups in total. The monoisotopic (exact) mass is 512 g/mol. The molecule has 0 saturated carbocycles. The molecule has 0 radical (unpaired) electrons. The first kappa shape index (κ1) is 24.7. The molecule has 0 spiro atoms. The molecule has 2 amide bonds. The van der Waals surface area contributed by atoms with Crippen LogP contribution < -0.4 is 9.47 Å². The van der Waals surface area contributed by atoms with E-state index in [0.29, 0.717) is 24.6 Å². The number of aromatic nitrogens is 1. The number of aryl methyl sites for hydroxylation is 1. The van der Waals surface area contributed by atoms with E-state index in [1.807, 2.05) is 72.9 Å². The van der Waals surface area contributed by atoms with E-state index in [1.54, 1.807) is 7.11 Å². The van der Waals surface area contributed by atoms with Crippen LogP contribution in [0.4, 0.5) is 4.79 Å². The lowest BCUT2D eigenvalue weighted by Crippen LogP contribution is -2.29. The summed E-state index contributed by atoms with van der Waals surface area (Å²) < 4.78 is 13.2. The lowest BCUT2D eigenvalue weighted by Gasteiger charge is -2.12. The lowest BCUT2D eigenvalue weighted by atomic mass is 10.1. The van der Waals surface area contributed by atoms with Crippen molar-refractivity contribution in [3.63, 3.8) is 0 Å². The van der Waals surface area contributed by atoms with Gasteiger partial charge in [-0.05, 0) is 66.6 Å². The van der Waals surface area contributed by atoms with E-state index < -0.39 is 0 Å². The first-order chi connectivity index (χ1) is 18.1. The van der Waals surface area contributed by atoms with Crippen LogP contribution in [0.2, 0.25) is 0 Å². The number of carbonyl (C=O) groups excluding carboxylic acids is 2. The molecule has 2 heterocycles. The minimum absolute atomic E-state index is 0.207. The molecule has 4 aromatic rings. The minimum Gasteiger partial charge on any atom is -0.497 e. The normalized spacial score (nSPS) is 14.6. The van der Waals surface area contributed by atoms with Crippen LogP contribution >= 0.6 is 11.8 Å². The average Bonchev–Trinajstić information content (AvgIpc) is 3.41. The molecule has 6 nitrogen and oxygen atoms in total. The van der Waals surface area contributed by atoms with Crippen molar-refractivity contribution in [2.24, 2.45) is 0 Å². The summed E-state index contributed by atoms with van der Waals surface area (Å²) in [6.07, 6.45) is 5.42. The van der Waals surface area contributed by atoms with Gasteiger partial charge in [0.25, 0.3) is 11.1 Å². The number of hydrogen-bond donors (Lipinski definition) is 0. The number of methoxy groups -OCH3 is 1. The smallest absolute Gasteiger partial charge is 0.293 e. The summed E-state index contributed by atoms with van der Waals surface area (Å²) in [5, 5.41) is 0.823. The summed E-state index contributed by atoms with van der Waals surface area (Å²) in [6.45, 7) is 1.55. The Labute approximate surface area is 220 Å². The Balaban J connectivity index is 1.27. The maximum Gasteiger partial charge on any atom is 0.293 e. The van der Waals surface area contributed by atoms with Crippen molar-refractivity contribution in [3.05, 3.63) is 101 Å². The first-order valence-electron chi connectivity index (χ1n) is 12.3. The van der Waals surface area contributed by atoms with Gasteiger partial charge in [-0.25, -0.2) is 0 Å². The van der Waals surface area contributed by atoms with E-state index in [-0.39, 0.29) is 11.1 Å². The number of rotatable bonds is 10. The summed E-state index contributed by atoms with van der Waals surface area (Å²) in [4.78, 5) is 27.5. The number of amides is 2. The van der Waals surface area contributed by atoms with Crippen molar-refractivity contribution in [1.29, 1.82) is 0 Å². The SMILES string of the molecule is COc1ccc(OCCn2cc(/C=C3\SC(=O)N(CCCc4ccccc4)C3=O)c3ccccc32)cc1. The van der Waals surface area contributed by atoms with E-state index in [4.69, 9.17) is 9.47 Å². The second-order valence-electron chi connectivity index (χ2n) is 8.74. The van der Waals surface area contributed by atoms with Crippen LogP contribution in [0, 0.1) is 0 Å². The second kappa shape index (κ2) is 11.4. The third kappa shape index (κ3) is 5.73. The fourth-order valence-corrected chi connectivity index (χ4v) is 5.28. The fraction of sp³-hybridized carbons (Fsp3) is 0.200. The van der Waals surface area contributed by atoms with Gasteiger partial charge < -0.3 is 14.0 Å². The standard InChI is InChI=1S/C30H28N2O4S/c1-35-24-13-15-25(16-14-24)36-19-18-31-21-23(26-11-5-6-12-27(26)31)20-28-29(33)32(30(34)37-28)17-7-10-22-8-3-2-4-9-22/h2-6,8-9,11-16,20-21H,7,10,17-19H2,1H3/b28-20-. The fourth-order valence-electron chi connectivity index (χ4n) is 4.43. The highest BCUT2D eigenvalue weighted by atomic mass is 32.2. The van der Waals surface area contributed by atoms with Gasteiger partial charge in [-0.15, -0.1) is 0 Å². The maximum atomic E-state index is 13.1. The summed E-state index contributed by atoms with van der Waals surface area (Å²) >= 11 is 1.01. The van der Waals surface area contributed by atoms with Crippen molar-refractivity contribution in [3.8, 4) is 11.5 Å². The number of hydrogen-bond acceptors (Lipinski definition) is 5. The Bertz CT molecular complexity index is 1430. The van der Waals surface area contributed by atoms with Crippen LogP contribution in [0.1, 0.15) is 17.5 Å². The number of imide groups is 1. The van der Waals surface area contributed by atoms with Gasteiger partial charge >= 0.3 is 0 Å². The largest absolute Gasteiger partial charge is 0.497 e. The first-order valence-corrected chi connectivity index (χ1v) is 13.1. The highest BCUT2D eigenvalue weighted by molar-refractivity contribution is 8.18. The summed E-state index contributed by atoms with van der Waals surface area (Å²) in [5.41, 5.74) is 3.16. The van der Waals surface area contributed by atoms with Crippen molar-refractivity contribution in [1.82, 2.24) is 9.47 Å². The van der Waals surface area contributed by atoms with Gasteiger partial charge in [0.15, 0.2) is 0 Å². The Kier molecular flexibility index (Phi) is 7.61. The summed E-state index contributed by atoms with van der Waals surface area (Å²) in [6, 6.07) is 25.7. The third-order valence-corrected chi connectivity index (χ3v) is 7.24. The van der Waals surface area contributed by atoms with Crippen LogP contribution in [0.3, 0.4) is 0 Å². The quantitative estimate of drug-likeness (QED) is 0.230. The number of nitrogens with zero attached hydrogens (tertiary/aromatic N) is 2. The molecule has 0 bridgehead atoms. The van der Waals surface area contributed by atoms with Crippen molar-refractivity contribution in [2.45, 2.75) is 19.4 Å². The van der Waals surface area contributed by atoms with E-state index >= 15 is 0 Å². The number of benzene rings is 3. The molecule has 37 heavy (non-hydrogen) atoms. The van der Waals surface area contributed by atoms with Crippen LogP contribution in [0.15, 0.2) is 90.0 Å². The number of para-hydroxylation sites is 1. The predicted octanol–water partition coefficient (Wildman–Crippen LogP) is 6.40.